The second-order valence-electron chi connectivity index (χ2n) is 6.21. The summed E-state index contributed by atoms with van der Waals surface area (Å²) in [5.74, 6) is 1.16. The van der Waals surface area contributed by atoms with E-state index in [-0.39, 0.29) is 17.6 Å². The van der Waals surface area contributed by atoms with E-state index < -0.39 is 0 Å². The molecule has 0 amide bonds. The van der Waals surface area contributed by atoms with Gasteiger partial charge in [0.1, 0.15) is 5.75 Å². The summed E-state index contributed by atoms with van der Waals surface area (Å²) in [5, 5.41) is 0. The zero-order valence-corrected chi connectivity index (χ0v) is 12.2. The molecular formula is C18H18O3. The van der Waals surface area contributed by atoms with Crippen LogP contribution in [0.5, 0.6) is 5.75 Å². The minimum absolute atomic E-state index is 0.0351. The van der Waals surface area contributed by atoms with Crippen LogP contribution in [-0.2, 0) is 4.74 Å². The van der Waals surface area contributed by atoms with Crippen molar-refractivity contribution in [3.63, 3.8) is 0 Å². The molecule has 21 heavy (non-hydrogen) atoms. The molecule has 0 spiro atoms. The Balaban J connectivity index is 1.84. The first kappa shape index (κ1) is 12.7. The summed E-state index contributed by atoms with van der Waals surface area (Å²) in [5.41, 5.74) is 3.26. The van der Waals surface area contributed by atoms with Crippen molar-refractivity contribution in [1.82, 2.24) is 0 Å². The average Bonchev–Trinajstić information content (AvgIpc) is 2.99. The van der Waals surface area contributed by atoms with Crippen molar-refractivity contribution in [2.24, 2.45) is 5.92 Å². The highest BCUT2D eigenvalue weighted by atomic mass is 16.5. The monoisotopic (exact) mass is 282 g/mol. The topological polar surface area (TPSA) is 31.6 Å². The molecule has 0 aliphatic carbocycles. The van der Waals surface area contributed by atoms with E-state index in [4.69, 9.17) is 13.9 Å². The summed E-state index contributed by atoms with van der Waals surface area (Å²) in [6.07, 6.45) is 5.66. The molecule has 2 atom stereocenters. The molecule has 2 aromatic rings. The van der Waals surface area contributed by atoms with Crippen molar-refractivity contribution < 1.29 is 13.9 Å². The summed E-state index contributed by atoms with van der Waals surface area (Å²) in [4.78, 5) is 0. The van der Waals surface area contributed by atoms with Gasteiger partial charge in [-0.25, -0.2) is 0 Å². The lowest BCUT2D eigenvalue weighted by Crippen LogP contribution is -2.38. The first-order chi connectivity index (χ1) is 10.1. The fourth-order valence-corrected chi connectivity index (χ4v) is 3.29. The number of hydrogen-bond acceptors (Lipinski definition) is 3. The molecule has 3 heteroatoms. The van der Waals surface area contributed by atoms with Crippen LogP contribution in [0, 0.1) is 5.92 Å². The Bertz CT molecular complexity index is 682. The maximum absolute atomic E-state index is 6.29. The maximum Gasteiger partial charge on any atom is 0.126 e. The van der Waals surface area contributed by atoms with Crippen molar-refractivity contribution in [2.75, 3.05) is 6.61 Å². The largest absolute Gasteiger partial charge is 0.492 e. The fraction of sp³-hybridized carbons (Fsp3) is 0.333. The van der Waals surface area contributed by atoms with Gasteiger partial charge >= 0.3 is 0 Å². The lowest BCUT2D eigenvalue weighted by atomic mass is 9.79. The molecule has 0 bridgehead atoms. The number of para-hydroxylation sites is 1. The molecule has 2 aliphatic heterocycles. The van der Waals surface area contributed by atoms with Gasteiger partial charge in [-0.05, 0) is 37.6 Å². The summed E-state index contributed by atoms with van der Waals surface area (Å²) < 4.78 is 17.5. The molecule has 0 fully saturated rings. The van der Waals surface area contributed by atoms with Crippen LogP contribution < -0.4 is 4.74 Å². The lowest BCUT2D eigenvalue weighted by Gasteiger charge is -2.42. The number of rotatable bonds is 1. The van der Waals surface area contributed by atoms with E-state index in [0.717, 1.165) is 11.3 Å². The van der Waals surface area contributed by atoms with E-state index in [2.05, 4.69) is 32.1 Å². The maximum atomic E-state index is 6.29. The first-order valence-corrected chi connectivity index (χ1v) is 7.29. The van der Waals surface area contributed by atoms with Crippen molar-refractivity contribution in [1.29, 1.82) is 0 Å². The fourth-order valence-electron chi connectivity index (χ4n) is 3.29. The smallest absolute Gasteiger partial charge is 0.126 e. The van der Waals surface area contributed by atoms with Gasteiger partial charge in [-0.3, -0.25) is 0 Å². The van der Waals surface area contributed by atoms with E-state index in [1.807, 2.05) is 18.2 Å². The normalized spacial score (nSPS) is 26.3. The molecule has 2 aliphatic rings. The minimum atomic E-state index is -0.307. The van der Waals surface area contributed by atoms with Crippen molar-refractivity contribution in [2.45, 2.75) is 25.6 Å². The van der Waals surface area contributed by atoms with Gasteiger partial charge in [-0.15, -0.1) is 0 Å². The Morgan fingerprint density at radius 3 is 2.81 bits per heavy atom. The zero-order chi connectivity index (χ0) is 14.4. The predicted octanol–water partition coefficient (Wildman–Crippen LogP) is 4.22. The average molecular weight is 282 g/mol. The van der Waals surface area contributed by atoms with E-state index in [9.17, 15) is 0 Å². The van der Waals surface area contributed by atoms with E-state index in [1.54, 1.807) is 12.5 Å². The van der Waals surface area contributed by atoms with Gasteiger partial charge in [-0.2, -0.15) is 0 Å². The van der Waals surface area contributed by atoms with Crippen LogP contribution in [0.2, 0.25) is 0 Å². The molecule has 0 saturated heterocycles. The Kier molecular flexibility index (Phi) is 2.73. The molecule has 0 radical (unpaired) electrons. The number of furan rings is 1. The molecule has 3 nitrogen and oxygen atoms in total. The predicted molar refractivity (Wildman–Crippen MR) is 80.0 cm³/mol. The number of hydrogen-bond donors (Lipinski definition) is 0. The van der Waals surface area contributed by atoms with Crippen LogP contribution in [0.3, 0.4) is 0 Å². The molecule has 3 heterocycles. The highest BCUT2D eigenvalue weighted by Gasteiger charge is 2.41. The van der Waals surface area contributed by atoms with E-state index in [0.29, 0.717) is 6.61 Å². The Morgan fingerprint density at radius 1 is 1.14 bits per heavy atom. The Hall–Kier alpha value is -2.00. The molecule has 108 valence electrons. The number of benzene rings is 1. The van der Waals surface area contributed by atoms with Crippen molar-refractivity contribution in [3.05, 3.63) is 60.1 Å². The van der Waals surface area contributed by atoms with E-state index >= 15 is 0 Å². The van der Waals surface area contributed by atoms with Gasteiger partial charge in [-0.1, -0.05) is 18.2 Å². The third-order valence-electron chi connectivity index (χ3n) is 4.19. The van der Waals surface area contributed by atoms with Crippen molar-refractivity contribution in [3.8, 4) is 5.75 Å². The lowest BCUT2D eigenvalue weighted by molar-refractivity contribution is -0.0780. The second-order valence-corrected chi connectivity index (χ2v) is 6.21. The zero-order valence-electron chi connectivity index (χ0n) is 12.2. The van der Waals surface area contributed by atoms with Crippen molar-refractivity contribution >= 4 is 5.57 Å². The molecule has 1 aromatic heterocycles. The third kappa shape index (κ3) is 2.09. The van der Waals surface area contributed by atoms with Crippen LogP contribution in [0.4, 0.5) is 0 Å². The van der Waals surface area contributed by atoms with Gasteiger partial charge in [0, 0.05) is 17.0 Å². The highest BCUT2D eigenvalue weighted by molar-refractivity contribution is 5.75. The minimum Gasteiger partial charge on any atom is -0.492 e. The summed E-state index contributed by atoms with van der Waals surface area (Å²) in [6.45, 7) is 4.83. The summed E-state index contributed by atoms with van der Waals surface area (Å²) in [7, 11) is 0. The number of ether oxygens (including phenoxy) is 2. The van der Waals surface area contributed by atoms with Gasteiger partial charge in [0.2, 0.25) is 0 Å². The standard InChI is InChI=1S/C18H18O3/c1-18(2)9-14-13-5-3-4-6-16(13)20-11-15(14)17(21-18)12-7-8-19-10-12/h3-10,15,17H,11H2,1-2H3/t15-,17+/m0/s1. The molecule has 4 rings (SSSR count). The SMILES string of the molecule is CC1(C)C=C2c3ccccc3OC[C@@H]2[C@@H](c2ccoc2)O1. The third-order valence-corrected chi connectivity index (χ3v) is 4.19. The highest BCUT2D eigenvalue weighted by Crippen LogP contribution is 2.48. The number of fused-ring (bicyclic) bond motifs is 3. The van der Waals surface area contributed by atoms with Crippen LogP contribution in [0.15, 0.2) is 53.4 Å². The molecule has 1 aromatic carbocycles. The quantitative estimate of drug-likeness (QED) is 0.784. The Labute approximate surface area is 124 Å². The van der Waals surface area contributed by atoms with Gasteiger partial charge in [0.25, 0.3) is 0 Å². The van der Waals surface area contributed by atoms with Crippen LogP contribution in [0.25, 0.3) is 5.57 Å². The van der Waals surface area contributed by atoms with Gasteiger partial charge < -0.3 is 13.9 Å². The summed E-state index contributed by atoms with van der Waals surface area (Å²) >= 11 is 0. The van der Waals surface area contributed by atoms with Crippen LogP contribution in [0.1, 0.15) is 31.1 Å². The molecule has 0 unspecified atom stereocenters. The van der Waals surface area contributed by atoms with E-state index in [1.165, 1.54) is 11.1 Å². The molecular weight excluding hydrogens is 264 g/mol. The first-order valence-electron chi connectivity index (χ1n) is 7.29. The Morgan fingerprint density at radius 2 is 2.00 bits per heavy atom. The van der Waals surface area contributed by atoms with Crippen LogP contribution in [-0.4, -0.2) is 12.2 Å². The second kappa shape index (κ2) is 4.50. The molecule has 0 saturated carbocycles. The van der Waals surface area contributed by atoms with Crippen LogP contribution >= 0.6 is 0 Å². The van der Waals surface area contributed by atoms with Gasteiger partial charge in [0.05, 0.1) is 30.8 Å². The molecule has 0 N–H and O–H groups in total. The summed E-state index contributed by atoms with van der Waals surface area (Å²) in [6, 6.07) is 10.2. The van der Waals surface area contributed by atoms with Gasteiger partial charge in [0.15, 0.2) is 0 Å².